The van der Waals surface area contributed by atoms with E-state index >= 15 is 0 Å². The number of hydrogen-bond donors (Lipinski definition) is 2. The molecule has 108 valence electrons. The first kappa shape index (κ1) is 14.4. The maximum atomic E-state index is 13.4. The highest BCUT2D eigenvalue weighted by atomic mass is 19.1. The Labute approximate surface area is 119 Å². The number of nitrogen functional groups attached to an aromatic ring is 1. The van der Waals surface area contributed by atoms with Crippen molar-refractivity contribution in [2.24, 2.45) is 0 Å². The van der Waals surface area contributed by atoms with E-state index in [1.807, 2.05) is 0 Å². The second-order valence-corrected chi connectivity index (χ2v) is 4.45. The van der Waals surface area contributed by atoms with Crippen LogP contribution < -0.4 is 11.1 Å². The molecule has 2 aromatic rings. The van der Waals surface area contributed by atoms with Crippen LogP contribution in [0.3, 0.4) is 0 Å². The van der Waals surface area contributed by atoms with E-state index in [4.69, 9.17) is 5.73 Å². The Kier molecular flexibility index (Phi) is 3.84. The molecular formula is C14H12FN3O3. The lowest BCUT2D eigenvalue weighted by molar-refractivity contribution is -0.384. The minimum atomic E-state index is -0.639. The largest absolute Gasteiger partial charge is 0.398 e. The Hall–Kier alpha value is -2.96. The normalized spacial score (nSPS) is 10.2. The smallest absolute Gasteiger partial charge is 0.270 e. The highest BCUT2D eigenvalue weighted by Gasteiger charge is 2.15. The van der Waals surface area contributed by atoms with Crippen molar-refractivity contribution < 1.29 is 14.1 Å². The minimum Gasteiger partial charge on any atom is -0.398 e. The van der Waals surface area contributed by atoms with Crippen molar-refractivity contribution in [1.29, 1.82) is 0 Å². The molecule has 0 saturated heterocycles. The van der Waals surface area contributed by atoms with Gasteiger partial charge in [-0.15, -0.1) is 0 Å². The number of hydrogen-bond acceptors (Lipinski definition) is 4. The fourth-order valence-corrected chi connectivity index (χ4v) is 1.72. The number of anilines is 2. The van der Waals surface area contributed by atoms with Gasteiger partial charge in [-0.05, 0) is 30.7 Å². The van der Waals surface area contributed by atoms with Crippen LogP contribution >= 0.6 is 0 Å². The van der Waals surface area contributed by atoms with Gasteiger partial charge in [0.05, 0.1) is 10.5 Å². The number of carbonyl (C=O) groups is 1. The summed E-state index contributed by atoms with van der Waals surface area (Å²) >= 11 is 0. The molecule has 0 saturated carbocycles. The molecule has 3 N–H and O–H groups in total. The van der Waals surface area contributed by atoms with E-state index in [1.165, 1.54) is 30.3 Å². The number of benzene rings is 2. The van der Waals surface area contributed by atoms with Crippen molar-refractivity contribution in [3.05, 3.63) is 63.5 Å². The molecule has 0 radical (unpaired) electrons. The molecule has 0 atom stereocenters. The van der Waals surface area contributed by atoms with Crippen LogP contribution in [-0.4, -0.2) is 10.8 Å². The monoisotopic (exact) mass is 289 g/mol. The molecule has 7 heteroatoms. The molecule has 21 heavy (non-hydrogen) atoms. The van der Waals surface area contributed by atoms with E-state index in [0.29, 0.717) is 5.56 Å². The van der Waals surface area contributed by atoms with Gasteiger partial charge in [0.1, 0.15) is 5.82 Å². The number of nitro benzene ring substituents is 1. The summed E-state index contributed by atoms with van der Waals surface area (Å²) in [5.41, 5.74) is 6.15. The van der Waals surface area contributed by atoms with Gasteiger partial charge < -0.3 is 11.1 Å². The predicted molar refractivity (Wildman–Crippen MR) is 76.6 cm³/mol. The molecule has 0 bridgehead atoms. The molecule has 0 unspecified atom stereocenters. The zero-order valence-corrected chi connectivity index (χ0v) is 11.1. The molecule has 0 aliphatic heterocycles. The Morgan fingerprint density at radius 3 is 2.62 bits per heavy atom. The van der Waals surface area contributed by atoms with E-state index in [1.54, 1.807) is 6.92 Å². The summed E-state index contributed by atoms with van der Waals surface area (Å²) in [6.07, 6.45) is 0. The maximum Gasteiger partial charge on any atom is 0.270 e. The fraction of sp³-hybridized carbons (Fsp3) is 0.0714. The van der Waals surface area contributed by atoms with Crippen LogP contribution in [0, 0.1) is 22.9 Å². The van der Waals surface area contributed by atoms with Crippen LogP contribution in [0.25, 0.3) is 0 Å². The third kappa shape index (κ3) is 3.14. The number of nitrogens with zero attached hydrogens (tertiary/aromatic N) is 1. The lowest BCUT2D eigenvalue weighted by Gasteiger charge is -2.08. The predicted octanol–water partition coefficient (Wildman–Crippen LogP) is 2.88. The zero-order chi connectivity index (χ0) is 15.6. The van der Waals surface area contributed by atoms with Crippen molar-refractivity contribution >= 4 is 23.0 Å². The van der Waals surface area contributed by atoms with Gasteiger partial charge in [-0.2, -0.15) is 0 Å². The molecule has 0 aliphatic carbocycles. The van der Waals surface area contributed by atoms with Crippen LogP contribution in [0.5, 0.6) is 0 Å². The maximum absolute atomic E-state index is 13.4. The number of aryl methyl sites for hydroxylation is 1. The van der Waals surface area contributed by atoms with Gasteiger partial charge in [0.2, 0.25) is 0 Å². The van der Waals surface area contributed by atoms with E-state index in [0.717, 1.165) is 6.07 Å². The summed E-state index contributed by atoms with van der Waals surface area (Å²) in [5.74, 6) is -1.10. The summed E-state index contributed by atoms with van der Waals surface area (Å²) in [6, 6.07) is 7.78. The molecule has 2 aromatic carbocycles. The molecule has 1 amide bonds. The molecule has 6 nitrogen and oxygen atoms in total. The number of non-ortho nitro benzene ring substituents is 1. The first-order valence-electron chi connectivity index (χ1n) is 6.00. The number of halogens is 1. The van der Waals surface area contributed by atoms with E-state index in [-0.39, 0.29) is 22.6 Å². The highest BCUT2D eigenvalue weighted by Crippen LogP contribution is 2.21. The van der Waals surface area contributed by atoms with Crippen LogP contribution in [0.15, 0.2) is 36.4 Å². The van der Waals surface area contributed by atoms with Gasteiger partial charge in [0.25, 0.3) is 11.6 Å². The van der Waals surface area contributed by atoms with E-state index < -0.39 is 16.6 Å². The zero-order valence-electron chi connectivity index (χ0n) is 11.1. The number of amides is 1. The van der Waals surface area contributed by atoms with Crippen molar-refractivity contribution in [3.8, 4) is 0 Å². The highest BCUT2D eigenvalue weighted by molar-refractivity contribution is 6.08. The summed E-state index contributed by atoms with van der Waals surface area (Å²) in [6.45, 7) is 1.60. The van der Waals surface area contributed by atoms with E-state index in [2.05, 4.69) is 5.32 Å². The molecule has 0 aliphatic rings. The SMILES string of the molecule is Cc1ccc(NC(=O)c2cc([N+](=O)[O-])ccc2N)cc1F. The lowest BCUT2D eigenvalue weighted by Crippen LogP contribution is -2.14. The van der Waals surface area contributed by atoms with Crippen molar-refractivity contribution in [1.82, 2.24) is 0 Å². The Morgan fingerprint density at radius 1 is 1.29 bits per heavy atom. The number of nitrogens with one attached hydrogen (secondary N) is 1. The lowest BCUT2D eigenvalue weighted by atomic mass is 10.1. The third-order valence-electron chi connectivity index (χ3n) is 2.92. The van der Waals surface area contributed by atoms with Crippen molar-refractivity contribution in [3.63, 3.8) is 0 Å². The summed E-state index contributed by atoms with van der Waals surface area (Å²) < 4.78 is 13.4. The molecule has 0 spiro atoms. The van der Waals surface area contributed by atoms with Gasteiger partial charge in [-0.1, -0.05) is 6.07 Å². The fourth-order valence-electron chi connectivity index (χ4n) is 1.72. The summed E-state index contributed by atoms with van der Waals surface area (Å²) in [7, 11) is 0. The Bertz CT molecular complexity index is 731. The average molecular weight is 289 g/mol. The second kappa shape index (κ2) is 5.58. The molecule has 0 fully saturated rings. The first-order valence-corrected chi connectivity index (χ1v) is 6.00. The van der Waals surface area contributed by atoms with Crippen LogP contribution in [-0.2, 0) is 0 Å². The van der Waals surface area contributed by atoms with Gasteiger partial charge >= 0.3 is 0 Å². The van der Waals surface area contributed by atoms with Gasteiger partial charge in [0.15, 0.2) is 0 Å². The summed E-state index contributed by atoms with van der Waals surface area (Å²) in [5, 5.41) is 13.2. The van der Waals surface area contributed by atoms with Gasteiger partial charge in [0, 0.05) is 23.5 Å². The molecular weight excluding hydrogens is 277 g/mol. The van der Waals surface area contributed by atoms with Gasteiger partial charge in [-0.3, -0.25) is 14.9 Å². The number of rotatable bonds is 3. The third-order valence-corrected chi connectivity index (χ3v) is 2.92. The average Bonchev–Trinajstić information content (AvgIpc) is 2.43. The number of nitro groups is 1. The Balaban J connectivity index is 2.29. The first-order chi connectivity index (χ1) is 9.88. The molecule has 0 aromatic heterocycles. The van der Waals surface area contributed by atoms with Crippen LogP contribution in [0.1, 0.15) is 15.9 Å². The van der Waals surface area contributed by atoms with Crippen molar-refractivity contribution in [2.45, 2.75) is 6.92 Å². The van der Waals surface area contributed by atoms with Gasteiger partial charge in [-0.25, -0.2) is 4.39 Å². The van der Waals surface area contributed by atoms with E-state index in [9.17, 15) is 19.3 Å². The minimum absolute atomic E-state index is 0.0369. The van der Waals surface area contributed by atoms with Crippen LogP contribution in [0.4, 0.5) is 21.5 Å². The van der Waals surface area contributed by atoms with Crippen LogP contribution in [0.2, 0.25) is 0 Å². The standard InChI is InChI=1S/C14H12FN3O3/c1-8-2-3-9(6-12(8)15)17-14(19)11-7-10(18(20)21)4-5-13(11)16/h2-7H,16H2,1H3,(H,17,19). The molecule has 2 rings (SSSR count). The molecule has 0 heterocycles. The quantitative estimate of drug-likeness (QED) is 0.515. The summed E-state index contributed by atoms with van der Waals surface area (Å²) in [4.78, 5) is 22.2. The Morgan fingerprint density at radius 2 is 2.00 bits per heavy atom. The number of carbonyl (C=O) groups excluding carboxylic acids is 1. The van der Waals surface area contributed by atoms with Crippen molar-refractivity contribution in [2.75, 3.05) is 11.1 Å². The number of nitrogens with two attached hydrogens (primary N) is 1. The second-order valence-electron chi connectivity index (χ2n) is 4.45. The topological polar surface area (TPSA) is 98.3 Å².